The summed E-state index contributed by atoms with van der Waals surface area (Å²) >= 11 is 1.79. The van der Waals surface area contributed by atoms with Crippen molar-refractivity contribution in [2.75, 3.05) is 25.9 Å². The molecule has 0 spiro atoms. The average Bonchev–Trinajstić information content (AvgIpc) is 2.76. The number of nitrogens with one attached hydrogen (secondary N) is 1. The number of carbonyl (C=O) groups is 2. The number of thioether (sulfide) groups is 1. The molecule has 1 atom stereocenters. The lowest BCUT2D eigenvalue weighted by Crippen LogP contribution is -2.40. The number of hydrogen-bond acceptors (Lipinski definition) is 3. The molecule has 2 N–H and O–H groups in total. The summed E-state index contributed by atoms with van der Waals surface area (Å²) in [4.78, 5) is 24.5. The SMILES string of the molecule is CSC1CCN(C(=O)NCCC(C)(C)C(=O)O)C1. The van der Waals surface area contributed by atoms with Crippen molar-refractivity contribution in [2.45, 2.75) is 31.9 Å². The zero-order chi connectivity index (χ0) is 13.8. The van der Waals surface area contributed by atoms with Gasteiger partial charge in [0.15, 0.2) is 0 Å². The van der Waals surface area contributed by atoms with Gasteiger partial charge in [0.1, 0.15) is 0 Å². The molecular weight excluding hydrogens is 252 g/mol. The van der Waals surface area contributed by atoms with Gasteiger partial charge in [-0.25, -0.2) is 4.79 Å². The third-order valence-electron chi connectivity index (χ3n) is 3.37. The molecule has 1 saturated heterocycles. The van der Waals surface area contributed by atoms with Gasteiger partial charge in [-0.1, -0.05) is 0 Å². The fraction of sp³-hybridized carbons (Fsp3) is 0.833. The zero-order valence-electron chi connectivity index (χ0n) is 11.2. The van der Waals surface area contributed by atoms with E-state index >= 15 is 0 Å². The molecule has 6 heteroatoms. The van der Waals surface area contributed by atoms with Crippen LogP contribution in [0, 0.1) is 5.41 Å². The molecule has 0 aliphatic carbocycles. The lowest BCUT2D eigenvalue weighted by Gasteiger charge is -2.21. The van der Waals surface area contributed by atoms with Crippen LogP contribution in [-0.2, 0) is 4.79 Å². The minimum Gasteiger partial charge on any atom is -0.481 e. The summed E-state index contributed by atoms with van der Waals surface area (Å²) in [6.45, 7) is 5.32. The molecule has 0 aromatic rings. The minimum absolute atomic E-state index is 0.0762. The second kappa shape index (κ2) is 6.31. The number of urea groups is 1. The van der Waals surface area contributed by atoms with Gasteiger partial charge in [-0.15, -0.1) is 0 Å². The van der Waals surface area contributed by atoms with Crippen molar-refractivity contribution in [3.63, 3.8) is 0 Å². The van der Waals surface area contributed by atoms with Gasteiger partial charge in [0.2, 0.25) is 0 Å². The molecule has 18 heavy (non-hydrogen) atoms. The second-order valence-corrected chi connectivity index (χ2v) is 6.40. The van der Waals surface area contributed by atoms with E-state index in [1.165, 1.54) is 0 Å². The molecule has 1 unspecified atom stereocenters. The van der Waals surface area contributed by atoms with Crippen LogP contribution < -0.4 is 5.32 Å². The Labute approximate surface area is 112 Å². The third kappa shape index (κ3) is 4.08. The van der Waals surface area contributed by atoms with Crippen molar-refractivity contribution < 1.29 is 14.7 Å². The molecule has 0 bridgehead atoms. The van der Waals surface area contributed by atoms with Gasteiger partial charge in [0.05, 0.1) is 5.41 Å². The van der Waals surface area contributed by atoms with Crippen LogP contribution in [0.15, 0.2) is 0 Å². The lowest BCUT2D eigenvalue weighted by molar-refractivity contribution is -0.147. The summed E-state index contributed by atoms with van der Waals surface area (Å²) in [5.74, 6) is -0.833. The number of carboxylic acids is 1. The molecule has 2 amide bonds. The van der Waals surface area contributed by atoms with Crippen LogP contribution in [0.2, 0.25) is 0 Å². The predicted octanol–water partition coefficient (Wildman–Crippen LogP) is 1.63. The van der Waals surface area contributed by atoms with Crippen molar-refractivity contribution in [2.24, 2.45) is 5.41 Å². The van der Waals surface area contributed by atoms with Crippen LogP contribution in [-0.4, -0.2) is 53.1 Å². The largest absolute Gasteiger partial charge is 0.481 e. The van der Waals surface area contributed by atoms with E-state index in [0.29, 0.717) is 18.2 Å². The molecule has 0 aromatic carbocycles. The Bertz CT molecular complexity index is 320. The van der Waals surface area contributed by atoms with Crippen LogP contribution in [0.5, 0.6) is 0 Å². The maximum atomic E-state index is 11.8. The highest BCUT2D eigenvalue weighted by atomic mass is 32.2. The van der Waals surface area contributed by atoms with Gasteiger partial charge >= 0.3 is 12.0 Å². The standard InChI is InChI=1S/C12H22N2O3S/c1-12(2,10(15)16)5-6-13-11(17)14-7-4-9(8-14)18-3/h9H,4-8H2,1-3H3,(H,13,17)(H,15,16). The Morgan fingerprint density at radius 1 is 1.50 bits per heavy atom. The summed E-state index contributed by atoms with van der Waals surface area (Å²) < 4.78 is 0. The van der Waals surface area contributed by atoms with E-state index in [9.17, 15) is 9.59 Å². The monoisotopic (exact) mass is 274 g/mol. The first kappa shape index (κ1) is 15.1. The van der Waals surface area contributed by atoms with Crippen molar-refractivity contribution in [1.29, 1.82) is 0 Å². The van der Waals surface area contributed by atoms with Gasteiger partial charge in [-0.3, -0.25) is 4.79 Å². The van der Waals surface area contributed by atoms with Gasteiger partial charge < -0.3 is 15.3 Å². The zero-order valence-corrected chi connectivity index (χ0v) is 12.0. The molecule has 0 saturated carbocycles. The summed E-state index contributed by atoms with van der Waals surface area (Å²) in [6.07, 6.45) is 3.53. The summed E-state index contributed by atoms with van der Waals surface area (Å²) in [5, 5.41) is 12.3. The predicted molar refractivity (Wildman–Crippen MR) is 72.9 cm³/mol. The van der Waals surface area contributed by atoms with Crippen LogP contribution >= 0.6 is 11.8 Å². The van der Waals surface area contributed by atoms with Gasteiger partial charge in [-0.2, -0.15) is 11.8 Å². The van der Waals surface area contributed by atoms with Crippen molar-refractivity contribution in [1.82, 2.24) is 10.2 Å². The number of aliphatic carboxylic acids is 1. The summed E-state index contributed by atoms with van der Waals surface area (Å²) in [5.41, 5.74) is -0.792. The molecule has 1 heterocycles. The van der Waals surface area contributed by atoms with Crippen LogP contribution in [0.4, 0.5) is 4.79 Å². The topological polar surface area (TPSA) is 69.6 Å². The number of likely N-dealkylation sites (tertiary alicyclic amines) is 1. The molecule has 1 aliphatic heterocycles. The van der Waals surface area contributed by atoms with E-state index in [2.05, 4.69) is 11.6 Å². The van der Waals surface area contributed by atoms with Crippen molar-refractivity contribution >= 4 is 23.8 Å². The number of amides is 2. The van der Waals surface area contributed by atoms with Crippen LogP contribution in [0.3, 0.4) is 0 Å². The smallest absolute Gasteiger partial charge is 0.317 e. The summed E-state index contributed by atoms with van der Waals surface area (Å²) in [7, 11) is 0. The normalized spacial score (nSPS) is 19.9. The fourth-order valence-electron chi connectivity index (χ4n) is 1.81. The van der Waals surface area contributed by atoms with E-state index in [-0.39, 0.29) is 6.03 Å². The number of hydrogen-bond donors (Lipinski definition) is 2. The number of carbonyl (C=O) groups excluding carboxylic acids is 1. The highest BCUT2D eigenvalue weighted by Crippen LogP contribution is 2.21. The van der Waals surface area contributed by atoms with Crippen molar-refractivity contribution in [3.05, 3.63) is 0 Å². The third-order valence-corrected chi connectivity index (χ3v) is 4.42. The van der Waals surface area contributed by atoms with E-state index in [0.717, 1.165) is 19.5 Å². The Morgan fingerprint density at radius 3 is 2.67 bits per heavy atom. The van der Waals surface area contributed by atoms with Gasteiger partial charge in [-0.05, 0) is 32.9 Å². The quantitative estimate of drug-likeness (QED) is 0.799. The number of rotatable bonds is 5. The number of carboxylic acid groups (broad SMARTS) is 1. The van der Waals surface area contributed by atoms with Crippen molar-refractivity contribution in [3.8, 4) is 0 Å². The molecule has 1 fully saturated rings. The minimum atomic E-state index is -0.833. The molecular formula is C12H22N2O3S. The van der Waals surface area contributed by atoms with E-state index in [1.54, 1.807) is 30.5 Å². The van der Waals surface area contributed by atoms with E-state index in [1.807, 2.05) is 0 Å². The van der Waals surface area contributed by atoms with Crippen LogP contribution in [0.1, 0.15) is 26.7 Å². The Morgan fingerprint density at radius 2 is 2.17 bits per heavy atom. The first-order valence-corrected chi connectivity index (χ1v) is 7.44. The highest BCUT2D eigenvalue weighted by Gasteiger charge is 2.28. The maximum Gasteiger partial charge on any atom is 0.317 e. The summed E-state index contributed by atoms with van der Waals surface area (Å²) in [6, 6.07) is -0.0762. The van der Waals surface area contributed by atoms with E-state index < -0.39 is 11.4 Å². The van der Waals surface area contributed by atoms with Gasteiger partial charge in [0.25, 0.3) is 0 Å². The fourth-order valence-corrected chi connectivity index (χ4v) is 2.48. The molecule has 5 nitrogen and oxygen atoms in total. The van der Waals surface area contributed by atoms with Crippen LogP contribution in [0.25, 0.3) is 0 Å². The average molecular weight is 274 g/mol. The molecule has 1 rings (SSSR count). The Hall–Kier alpha value is -0.910. The lowest BCUT2D eigenvalue weighted by atomic mass is 9.90. The molecule has 104 valence electrons. The molecule has 0 aromatic heterocycles. The van der Waals surface area contributed by atoms with Gasteiger partial charge in [0, 0.05) is 24.9 Å². The molecule has 1 aliphatic rings. The maximum absolute atomic E-state index is 11.8. The second-order valence-electron chi connectivity index (χ2n) is 5.26. The highest BCUT2D eigenvalue weighted by molar-refractivity contribution is 7.99. The molecule has 0 radical (unpaired) electrons. The first-order chi connectivity index (χ1) is 8.36. The Kier molecular flexibility index (Phi) is 5.31. The number of nitrogens with zero attached hydrogens (tertiary/aromatic N) is 1. The Balaban J connectivity index is 2.28. The first-order valence-electron chi connectivity index (χ1n) is 6.16. The van der Waals surface area contributed by atoms with E-state index in [4.69, 9.17) is 5.11 Å².